The summed E-state index contributed by atoms with van der Waals surface area (Å²) >= 11 is 0. The lowest BCUT2D eigenvalue weighted by atomic mass is 10.1. The molecule has 3 heterocycles. The van der Waals surface area contributed by atoms with Crippen LogP contribution in [0.1, 0.15) is 69.8 Å². The van der Waals surface area contributed by atoms with E-state index in [0.717, 1.165) is 56.5 Å². The Bertz CT molecular complexity index is 692. The zero-order valence-electron chi connectivity index (χ0n) is 17.7. The van der Waals surface area contributed by atoms with E-state index in [-0.39, 0.29) is 6.04 Å². The molecule has 0 N–H and O–H groups in total. The van der Waals surface area contributed by atoms with Gasteiger partial charge in [0.2, 0.25) is 5.91 Å². The summed E-state index contributed by atoms with van der Waals surface area (Å²) < 4.78 is 0. The van der Waals surface area contributed by atoms with E-state index < -0.39 is 0 Å². The van der Waals surface area contributed by atoms with Crippen LogP contribution in [0.3, 0.4) is 0 Å². The molecule has 6 heteroatoms. The molecule has 1 saturated carbocycles. The van der Waals surface area contributed by atoms with Gasteiger partial charge in [0, 0.05) is 49.9 Å². The molecule has 154 valence electrons. The fourth-order valence-corrected chi connectivity index (χ4v) is 5.09. The lowest BCUT2D eigenvalue weighted by Gasteiger charge is -2.39. The SMILES string of the molecule is Cc1cc(N2CCN(C(=O)[C@H]3CCCN3C3CCCC3)CC2)nc(C(C)C)n1. The van der Waals surface area contributed by atoms with Gasteiger partial charge in [0.1, 0.15) is 11.6 Å². The first-order valence-electron chi connectivity index (χ1n) is 11.2. The summed E-state index contributed by atoms with van der Waals surface area (Å²) in [5.41, 5.74) is 1.02. The predicted octanol–water partition coefficient (Wildman–Crippen LogP) is 2.96. The van der Waals surface area contributed by atoms with Gasteiger partial charge < -0.3 is 9.80 Å². The van der Waals surface area contributed by atoms with Gasteiger partial charge in [-0.1, -0.05) is 26.7 Å². The zero-order valence-corrected chi connectivity index (χ0v) is 17.7. The largest absolute Gasteiger partial charge is 0.353 e. The van der Waals surface area contributed by atoms with E-state index in [1.165, 1.54) is 32.1 Å². The van der Waals surface area contributed by atoms with Crippen LogP contribution in [0, 0.1) is 6.92 Å². The maximum Gasteiger partial charge on any atom is 0.240 e. The Morgan fingerprint density at radius 3 is 2.39 bits per heavy atom. The molecular weight excluding hydrogens is 350 g/mol. The molecule has 3 fully saturated rings. The third-order valence-corrected chi connectivity index (χ3v) is 6.66. The average Bonchev–Trinajstić information content (AvgIpc) is 3.38. The number of likely N-dealkylation sites (tertiary alicyclic amines) is 1. The van der Waals surface area contributed by atoms with Crippen molar-refractivity contribution in [2.45, 2.75) is 77.3 Å². The third-order valence-electron chi connectivity index (χ3n) is 6.66. The number of aryl methyl sites for hydroxylation is 1. The van der Waals surface area contributed by atoms with Gasteiger partial charge in [-0.15, -0.1) is 0 Å². The topological polar surface area (TPSA) is 52.6 Å². The molecule has 1 aromatic rings. The Labute approximate surface area is 169 Å². The number of rotatable bonds is 4. The highest BCUT2D eigenvalue weighted by molar-refractivity contribution is 5.82. The van der Waals surface area contributed by atoms with Crippen LogP contribution < -0.4 is 4.90 Å². The normalized spacial score (nSPS) is 24.5. The minimum atomic E-state index is 0.128. The maximum atomic E-state index is 13.2. The van der Waals surface area contributed by atoms with Crippen molar-refractivity contribution in [3.05, 3.63) is 17.6 Å². The van der Waals surface area contributed by atoms with Crippen LogP contribution in [0.4, 0.5) is 5.82 Å². The van der Waals surface area contributed by atoms with Crippen LogP contribution in [0.2, 0.25) is 0 Å². The molecule has 1 atom stereocenters. The van der Waals surface area contributed by atoms with Gasteiger partial charge in [-0.05, 0) is 39.2 Å². The Balaban J connectivity index is 1.38. The van der Waals surface area contributed by atoms with Gasteiger partial charge in [-0.25, -0.2) is 9.97 Å². The highest BCUT2D eigenvalue weighted by atomic mass is 16.2. The highest BCUT2D eigenvalue weighted by Gasteiger charge is 2.39. The number of carbonyl (C=O) groups is 1. The van der Waals surface area contributed by atoms with Crippen molar-refractivity contribution in [2.24, 2.45) is 0 Å². The molecule has 0 spiro atoms. The van der Waals surface area contributed by atoms with Crippen molar-refractivity contribution >= 4 is 11.7 Å². The molecule has 28 heavy (non-hydrogen) atoms. The van der Waals surface area contributed by atoms with Crippen molar-refractivity contribution in [3.63, 3.8) is 0 Å². The number of carbonyl (C=O) groups excluding carboxylic acids is 1. The van der Waals surface area contributed by atoms with E-state index in [9.17, 15) is 4.79 Å². The number of anilines is 1. The van der Waals surface area contributed by atoms with Crippen LogP contribution in [0.15, 0.2) is 6.07 Å². The van der Waals surface area contributed by atoms with Crippen molar-refractivity contribution in [2.75, 3.05) is 37.6 Å². The molecule has 3 aliphatic rings. The number of aromatic nitrogens is 2. The van der Waals surface area contributed by atoms with Crippen LogP contribution in [0.25, 0.3) is 0 Å². The van der Waals surface area contributed by atoms with Gasteiger partial charge in [0.25, 0.3) is 0 Å². The first-order valence-corrected chi connectivity index (χ1v) is 11.2. The summed E-state index contributed by atoms with van der Waals surface area (Å²) in [6, 6.07) is 2.85. The van der Waals surface area contributed by atoms with Crippen molar-refractivity contribution in [3.8, 4) is 0 Å². The first kappa shape index (κ1) is 19.6. The Morgan fingerprint density at radius 1 is 1.00 bits per heavy atom. The predicted molar refractivity (Wildman–Crippen MR) is 112 cm³/mol. The van der Waals surface area contributed by atoms with E-state index in [2.05, 4.69) is 39.6 Å². The van der Waals surface area contributed by atoms with E-state index in [0.29, 0.717) is 17.9 Å². The molecule has 6 nitrogen and oxygen atoms in total. The van der Waals surface area contributed by atoms with E-state index in [4.69, 9.17) is 4.98 Å². The first-order chi connectivity index (χ1) is 13.5. The summed E-state index contributed by atoms with van der Waals surface area (Å²) in [6.45, 7) is 10.7. The monoisotopic (exact) mass is 385 g/mol. The van der Waals surface area contributed by atoms with Crippen LogP contribution in [-0.4, -0.2) is 70.5 Å². The third kappa shape index (κ3) is 4.02. The average molecular weight is 386 g/mol. The number of hydrogen-bond donors (Lipinski definition) is 0. The molecule has 1 amide bonds. The molecular formula is C22H35N5O. The molecule has 1 aliphatic carbocycles. The van der Waals surface area contributed by atoms with Gasteiger partial charge in [-0.3, -0.25) is 9.69 Å². The zero-order chi connectivity index (χ0) is 19.7. The second-order valence-electron chi connectivity index (χ2n) is 9.03. The molecule has 4 rings (SSSR count). The standard InChI is InChI=1S/C22H35N5O/c1-16(2)21-23-17(3)15-20(24-21)25-11-13-26(14-12-25)22(28)19-9-6-10-27(19)18-7-4-5-8-18/h15-16,18-19H,4-14H2,1-3H3/t19-/m1/s1. The van der Waals surface area contributed by atoms with Crippen molar-refractivity contribution < 1.29 is 4.79 Å². The summed E-state index contributed by atoms with van der Waals surface area (Å²) in [7, 11) is 0. The van der Waals surface area contributed by atoms with Crippen molar-refractivity contribution in [1.82, 2.24) is 19.8 Å². The molecule has 0 radical (unpaired) electrons. The van der Waals surface area contributed by atoms with Crippen molar-refractivity contribution in [1.29, 1.82) is 0 Å². The second kappa shape index (κ2) is 8.36. The Morgan fingerprint density at radius 2 is 1.71 bits per heavy atom. The molecule has 1 aromatic heterocycles. The molecule has 2 saturated heterocycles. The summed E-state index contributed by atoms with van der Waals surface area (Å²) in [5.74, 6) is 2.61. The number of piperazine rings is 1. The molecule has 0 aromatic carbocycles. The quantitative estimate of drug-likeness (QED) is 0.798. The molecule has 0 bridgehead atoms. The minimum Gasteiger partial charge on any atom is -0.353 e. The van der Waals surface area contributed by atoms with Crippen LogP contribution in [-0.2, 0) is 4.79 Å². The highest BCUT2D eigenvalue weighted by Crippen LogP contribution is 2.31. The smallest absolute Gasteiger partial charge is 0.240 e. The summed E-state index contributed by atoms with van der Waals surface area (Å²) in [6.07, 6.45) is 7.43. The minimum absolute atomic E-state index is 0.128. The van der Waals surface area contributed by atoms with Gasteiger partial charge in [0.15, 0.2) is 0 Å². The lowest BCUT2D eigenvalue weighted by molar-refractivity contribution is -0.137. The Hall–Kier alpha value is -1.69. The second-order valence-corrected chi connectivity index (χ2v) is 9.03. The van der Waals surface area contributed by atoms with Crippen LogP contribution >= 0.6 is 0 Å². The summed E-state index contributed by atoms with van der Waals surface area (Å²) in [5, 5.41) is 0. The number of hydrogen-bond acceptors (Lipinski definition) is 5. The van der Waals surface area contributed by atoms with E-state index in [1.54, 1.807) is 0 Å². The van der Waals surface area contributed by atoms with E-state index >= 15 is 0 Å². The fraction of sp³-hybridized carbons (Fsp3) is 0.773. The maximum absolute atomic E-state index is 13.2. The van der Waals surface area contributed by atoms with Gasteiger partial charge >= 0.3 is 0 Å². The Kier molecular flexibility index (Phi) is 5.85. The van der Waals surface area contributed by atoms with E-state index in [1.807, 2.05) is 6.92 Å². The lowest BCUT2D eigenvalue weighted by Crippen LogP contribution is -2.55. The van der Waals surface area contributed by atoms with Gasteiger partial charge in [-0.2, -0.15) is 0 Å². The molecule has 0 unspecified atom stereocenters. The fourth-order valence-electron chi connectivity index (χ4n) is 5.09. The van der Waals surface area contributed by atoms with Gasteiger partial charge in [0.05, 0.1) is 6.04 Å². The number of amides is 1. The molecule has 2 aliphatic heterocycles. The number of nitrogens with zero attached hydrogens (tertiary/aromatic N) is 5. The summed E-state index contributed by atoms with van der Waals surface area (Å²) in [4.78, 5) is 29.5. The van der Waals surface area contributed by atoms with Crippen LogP contribution in [0.5, 0.6) is 0 Å².